The van der Waals surface area contributed by atoms with E-state index in [9.17, 15) is 0 Å². The molecule has 0 saturated heterocycles. The van der Waals surface area contributed by atoms with Crippen molar-refractivity contribution in [2.24, 2.45) is 0 Å². The van der Waals surface area contributed by atoms with Crippen molar-refractivity contribution in [3.63, 3.8) is 0 Å². The number of benzene rings is 8. The number of hydrogen-bond donors (Lipinski definition) is 0. The molecule has 0 spiro atoms. The summed E-state index contributed by atoms with van der Waals surface area (Å²) in [5.74, 6) is 1.67. The van der Waals surface area contributed by atoms with E-state index in [4.69, 9.17) is 15.0 Å². The highest BCUT2D eigenvalue weighted by atomic mass is 15.3. The zero-order chi connectivity index (χ0) is 37.5. The number of fused-ring (bicyclic) bond motifs is 9. The molecule has 0 N–H and O–H groups in total. The van der Waals surface area contributed by atoms with Gasteiger partial charge in [0.2, 0.25) is 11.9 Å². The van der Waals surface area contributed by atoms with Crippen molar-refractivity contribution in [2.45, 2.75) is 0 Å². The van der Waals surface area contributed by atoms with Gasteiger partial charge in [-0.05, 0) is 59.7 Å². The van der Waals surface area contributed by atoms with Gasteiger partial charge in [0, 0.05) is 37.9 Å². The van der Waals surface area contributed by atoms with Crippen LogP contribution in [-0.2, 0) is 0 Å². The second-order valence-corrected chi connectivity index (χ2v) is 14.5. The first-order chi connectivity index (χ1) is 28.3. The van der Waals surface area contributed by atoms with Gasteiger partial charge >= 0.3 is 0 Å². The Balaban J connectivity index is 1.23. The van der Waals surface area contributed by atoms with Crippen LogP contribution in [0.25, 0.3) is 106 Å². The average Bonchev–Trinajstić information content (AvgIpc) is 3.92. The van der Waals surface area contributed by atoms with E-state index in [-0.39, 0.29) is 0 Å². The van der Waals surface area contributed by atoms with Crippen LogP contribution in [0, 0.1) is 0 Å². The molecule has 6 nitrogen and oxygen atoms in total. The molecule has 0 amide bonds. The number of rotatable bonds is 5. The number of hydrogen-bond acceptors (Lipinski definition) is 3. The zero-order valence-corrected chi connectivity index (χ0v) is 30.7. The minimum Gasteiger partial charge on any atom is -0.309 e. The monoisotopic (exact) mass is 728 g/mol. The highest BCUT2D eigenvalue weighted by molar-refractivity contribution is 6.11. The van der Waals surface area contributed by atoms with Crippen molar-refractivity contribution in [1.82, 2.24) is 28.7 Å². The maximum atomic E-state index is 5.50. The molecule has 0 radical (unpaired) electrons. The van der Waals surface area contributed by atoms with Gasteiger partial charge in [0.15, 0.2) is 5.82 Å². The molecule has 0 unspecified atom stereocenters. The van der Waals surface area contributed by atoms with Crippen LogP contribution < -0.4 is 0 Å². The van der Waals surface area contributed by atoms with Gasteiger partial charge in [-0.2, -0.15) is 15.0 Å². The summed E-state index contributed by atoms with van der Waals surface area (Å²) in [4.78, 5) is 16.4. The molecule has 0 aliphatic carbocycles. The van der Waals surface area contributed by atoms with E-state index in [1.165, 1.54) is 10.8 Å². The fourth-order valence-corrected chi connectivity index (χ4v) is 8.85. The number of aromatic nitrogens is 6. The summed E-state index contributed by atoms with van der Waals surface area (Å²) >= 11 is 0. The number of nitrogens with zero attached hydrogens (tertiary/aromatic N) is 6. The molecule has 0 aliphatic rings. The van der Waals surface area contributed by atoms with E-state index >= 15 is 0 Å². The van der Waals surface area contributed by atoms with Gasteiger partial charge in [0.25, 0.3) is 0 Å². The minimum atomic E-state index is 0.549. The lowest BCUT2D eigenvalue weighted by Crippen LogP contribution is -2.11. The first-order valence-corrected chi connectivity index (χ1v) is 19.2. The molecule has 57 heavy (non-hydrogen) atoms. The van der Waals surface area contributed by atoms with Gasteiger partial charge < -0.3 is 4.57 Å². The smallest absolute Gasteiger partial charge is 0.240 e. The largest absolute Gasteiger partial charge is 0.309 e. The normalized spacial score (nSPS) is 11.9. The lowest BCUT2D eigenvalue weighted by molar-refractivity contribution is 0.892. The van der Waals surface area contributed by atoms with Crippen LogP contribution in [0.5, 0.6) is 0 Å². The maximum Gasteiger partial charge on any atom is 0.240 e. The van der Waals surface area contributed by atoms with E-state index in [0.29, 0.717) is 17.7 Å². The molecule has 6 heteroatoms. The molecular formula is C51H32N6. The fraction of sp³-hybridized carbons (Fsp3) is 0. The van der Waals surface area contributed by atoms with Crippen LogP contribution in [0.1, 0.15) is 0 Å². The lowest BCUT2D eigenvalue weighted by Gasteiger charge is -2.17. The van der Waals surface area contributed by atoms with Crippen LogP contribution in [0.3, 0.4) is 0 Å². The molecule has 4 heterocycles. The predicted molar refractivity (Wildman–Crippen MR) is 234 cm³/mol. The van der Waals surface area contributed by atoms with Gasteiger partial charge in [0.1, 0.15) is 0 Å². The molecule has 0 saturated carbocycles. The highest BCUT2D eigenvalue weighted by Crippen LogP contribution is 2.39. The third-order valence-corrected chi connectivity index (χ3v) is 11.3. The summed E-state index contributed by atoms with van der Waals surface area (Å²) in [6.07, 6.45) is 0. The van der Waals surface area contributed by atoms with Crippen LogP contribution >= 0.6 is 0 Å². The summed E-state index contributed by atoms with van der Waals surface area (Å²) in [5.41, 5.74) is 10.4. The number of para-hydroxylation sites is 6. The Morgan fingerprint density at radius 3 is 1.04 bits per heavy atom. The third-order valence-electron chi connectivity index (χ3n) is 11.3. The summed E-state index contributed by atoms with van der Waals surface area (Å²) < 4.78 is 6.74. The molecule has 0 fully saturated rings. The topological polar surface area (TPSA) is 53.5 Å². The van der Waals surface area contributed by atoms with E-state index < -0.39 is 0 Å². The second-order valence-electron chi connectivity index (χ2n) is 14.5. The van der Waals surface area contributed by atoms with Crippen molar-refractivity contribution in [1.29, 1.82) is 0 Å². The van der Waals surface area contributed by atoms with Gasteiger partial charge in [-0.25, -0.2) is 0 Å². The molecule has 0 bridgehead atoms. The van der Waals surface area contributed by atoms with Gasteiger partial charge in [-0.15, -0.1) is 0 Å². The van der Waals surface area contributed by atoms with Crippen molar-refractivity contribution in [2.75, 3.05) is 0 Å². The molecule has 12 rings (SSSR count). The molecule has 8 aromatic carbocycles. The lowest BCUT2D eigenvalue weighted by atomic mass is 10.0. The van der Waals surface area contributed by atoms with Crippen molar-refractivity contribution in [3.05, 3.63) is 194 Å². The van der Waals surface area contributed by atoms with Crippen LogP contribution in [0.4, 0.5) is 0 Å². The fourth-order valence-electron chi connectivity index (χ4n) is 8.85. The quantitative estimate of drug-likeness (QED) is 0.177. The molecule has 12 aromatic rings. The van der Waals surface area contributed by atoms with Crippen LogP contribution in [0.15, 0.2) is 194 Å². The van der Waals surface area contributed by atoms with E-state index in [2.05, 4.69) is 208 Å². The van der Waals surface area contributed by atoms with Crippen LogP contribution in [0.2, 0.25) is 0 Å². The Labute approximate surface area is 327 Å². The Kier molecular flexibility index (Phi) is 6.83. The standard InChI is InChI=1S/C51H32N6/c1-2-16-33(17-3-1)34-30-31-48(55-42-24-10-4-18-35(42)36-19-5-11-25-43(36)55)41(32-34)49-52-50(56-44-26-12-6-20-37(44)38-21-7-13-27-45(38)56)54-51(53-49)57-46-28-14-8-22-39(46)40-23-9-15-29-47(40)57/h1-32H. The molecular weight excluding hydrogens is 697 g/mol. The first kappa shape index (κ1) is 31.5. The minimum absolute atomic E-state index is 0.549. The van der Waals surface area contributed by atoms with Gasteiger partial charge in [-0.1, -0.05) is 146 Å². The van der Waals surface area contributed by atoms with E-state index in [1.54, 1.807) is 0 Å². The SMILES string of the molecule is c1ccc(-c2ccc(-n3c4ccccc4c4ccccc43)c(-c3nc(-n4c5ccccc5c5ccccc54)nc(-n4c5ccccc5c5ccccc54)n3)c2)cc1. The van der Waals surface area contributed by atoms with Crippen LogP contribution in [-0.4, -0.2) is 28.7 Å². The van der Waals surface area contributed by atoms with Crippen molar-refractivity contribution in [3.8, 4) is 40.1 Å². The Morgan fingerprint density at radius 1 is 0.281 bits per heavy atom. The third kappa shape index (κ3) is 4.74. The highest BCUT2D eigenvalue weighted by Gasteiger charge is 2.23. The van der Waals surface area contributed by atoms with Gasteiger partial charge in [-0.3, -0.25) is 9.13 Å². The molecule has 266 valence electrons. The second kappa shape index (κ2) is 12.3. The predicted octanol–water partition coefficient (Wildman–Crippen LogP) is 12.5. The molecule has 4 aromatic heterocycles. The molecule has 0 aliphatic heterocycles. The maximum absolute atomic E-state index is 5.50. The van der Waals surface area contributed by atoms with E-state index in [1.807, 2.05) is 0 Å². The van der Waals surface area contributed by atoms with Crippen molar-refractivity contribution >= 4 is 65.4 Å². The molecule has 0 atom stereocenters. The Hall–Kier alpha value is -7.83. The summed E-state index contributed by atoms with van der Waals surface area (Å²) in [6, 6.07) is 68.4. The summed E-state index contributed by atoms with van der Waals surface area (Å²) in [5, 5.41) is 6.96. The van der Waals surface area contributed by atoms with E-state index in [0.717, 1.165) is 77.0 Å². The Morgan fingerprint density at radius 2 is 0.632 bits per heavy atom. The summed E-state index contributed by atoms with van der Waals surface area (Å²) in [7, 11) is 0. The van der Waals surface area contributed by atoms with Gasteiger partial charge in [0.05, 0.1) is 38.8 Å². The zero-order valence-electron chi connectivity index (χ0n) is 30.7. The summed E-state index contributed by atoms with van der Waals surface area (Å²) in [6.45, 7) is 0. The first-order valence-electron chi connectivity index (χ1n) is 19.2. The van der Waals surface area contributed by atoms with Crippen molar-refractivity contribution < 1.29 is 0 Å². The average molecular weight is 729 g/mol. The Bertz CT molecular complexity index is 3240.